The van der Waals surface area contributed by atoms with Crippen molar-refractivity contribution in [2.24, 2.45) is 0 Å². The number of rotatable bonds is 54. The van der Waals surface area contributed by atoms with Gasteiger partial charge in [-0.2, -0.15) is 0 Å². The van der Waals surface area contributed by atoms with Gasteiger partial charge in [-0.15, -0.1) is 11.8 Å². The molecular formula is C59H111N3O9S. The first kappa shape index (κ1) is 69.2. The monoisotopic (exact) mass is 1040 g/mol. The first-order valence-electron chi connectivity index (χ1n) is 30.0. The molecule has 0 aliphatic carbocycles. The van der Waals surface area contributed by atoms with Crippen LogP contribution in [0.25, 0.3) is 0 Å². The fraction of sp³-hybridized carbons (Fsp3) is 0.898. The summed E-state index contributed by atoms with van der Waals surface area (Å²) >= 11 is 1.11. The third kappa shape index (κ3) is 45.8. The van der Waals surface area contributed by atoms with Gasteiger partial charge in [0.2, 0.25) is 17.7 Å². The highest BCUT2D eigenvalue weighted by atomic mass is 32.2. The van der Waals surface area contributed by atoms with Crippen LogP contribution in [0.15, 0.2) is 0 Å². The van der Waals surface area contributed by atoms with Gasteiger partial charge in [-0.3, -0.25) is 28.8 Å². The number of carbonyl (C=O) groups excluding carboxylic acids is 5. The largest absolute Gasteiger partial charge is 0.480 e. The van der Waals surface area contributed by atoms with Crippen molar-refractivity contribution >= 4 is 47.4 Å². The predicted octanol–water partition coefficient (Wildman–Crippen LogP) is 15.2. The van der Waals surface area contributed by atoms with Gasteiger partial charge >= 0.3 is 17.9 Å². The summed E-state index contributed by atoms with van der Waals surface area (Å²) in [6.07, 6.45) is 47.1. The Labute approximate surface area is 445 Å². The molecular weight excluding hydrogens is 927 g/mol. The van der Waals surface area contributed by atoms with E-state index in [0.29, 0.717) is 19.3 Å². The van der Waals surface area contributed by atoms with Crippen molar-refractivity contribution < 1.29 is 43.3 Å². The second-order valence-corrected chi connectivity index (χ2v) is 22.5. The maximum absolute atomic E-state index is 13.7. The highest BCUT2D eigenvalue weighted by molar-refractivity contribution is 8.00. The van der Waals surface area contributed by atoms with Crippen LogP contribution in [0.4, 0.5) is 0 Å². The Kier molecular flexibility index (Phi) is 48.4. The smallest absolute Gasteiger partial charge is 0.322 e. The quantitative estimate of drug-likeness (QED) is 0.0260. The summed E-state index contributed by atoms with van der Waals surface area (Å²) in [6.45, 7) is 9.01. The van der Waals surface area contributed by atoms with Gasteiger partial charge in [-0.05, 0) is 33.1 Å². The number of nitrogens with one attached hydrogen (secondary N) is 3. The highest BCUT2D eigenvalue weighted by Gasteiger charge is 2.35. The third-order valence-corrected chi connectivity index (χ3v) is 15.0. The van der Waals surface area contributed by atoms with E-state index >= 15 is 0 Å². The van der Waals surface area contributed by atoms with Crippen LogP contribution in [-0.2, 0) is 38.2 Å². The van der Waals surface area contributed by atoms with Crippen molar-refractivity contribution in [3.63, 3.8) is 0 Å². The molecule has 0 aliphatic heterocycles. The molecule has 0 saturated carbocycles. The summed E-state index contributed by atoms with van der Waals surface area (Å²) in [5.41, 5.74) is 0. The van der Waals surface area contributed by atoms with Gasteiger partial charge < -0.3 is 30.5 Å². The number of aliphatic carboxylic acids is 1. The highest BCUT2D eigenvalue weighted by Crippen LogP contribution is 2.30. The number of unbranched alkanes of at least 4 members (excludes halogenated alkanes) is 36. The molecule has 0 unspecified atom stereocenters. The van der Waals surface area contributed by atoms with Crippen molar-refractivity contribution in [2.75, 3.05) is 18.9 Å². The van der Waals surface area contributed by atoms with Crippen LogP contribution in [0.3, 0.4) is 0 Å². The number of carbonyl (C=O) groups is 6. The van der Waals surface area contributed by atoms with Crippen molar-refractivity contribution in [1.82, 2.24) is 16.0 Å². The molecule has 72 heavy (non-hydrogen) atoms. The second kappa shape index (κ2) is 50.3. The Morgan fingerprint density at radius 2 is 0.792 bits per heavy atom. The van der Waals surface area contributed by atoms with Gasteiger partial charge in [0, 0.05) is 25.0 Å². The van der Waals surface area contributed by atoms with Gasteiger partial charge in [0.25, 0.3) is 0 Å². The lowest BCUT2D eigenvalue weighted by Gasteiger charge is -2.30. The van der Waals surface area contributed by atoms with Crippen molar-refractivity contribution in [2.45, 2.75) is 321 Å². The molecule has 0 aromatic rings. The normalized spacial score (nSPS) is 13.0. The van der Waals surface area contributed by atoms with Gasteiger partial charge in [0.15, 0.2) is 4.93 Å². The molecule has 0 fully saturated rings. The Bertz CT molecular complexity index is 1350. The minimum absolute atomic E-state index is 0.0431. The molecule has 13 heteroatoms. The van der Waals surface area contributed by atoms with E-state index in [1.54, 1.807) is 6.92 Å². The lowest BCUT2D eigenvalue weighted by molar-refractivity contribution is -0.161. The van der Waals surface area contributed by atoms with Gasteiger partial charge in [-0.25, -0.2) is 0 Å². The molecule has 422 valence electrons. The van der Waals surface area contributed by atoms with E-state index in [4.69, 9.17) is 14.6 Å². The third-order valence-electron chi connectivity index (χ3n) is 13.7. The van der Waals surface area contributed by atoms with Crippen LogP contribution in [0.2, 0.25) is 0 Å². The number of ether oxygens (including phenoxy) is 2. The van der Waals surface area contributed by atoms with E-state index in [1.165, 1.54) is 180 Å². The number of thioether (sulfide) groups is 1. The van der Waals surface area contributed by atoms with Crippen molar-refractivity contribution in [1.29, 1.82) is 0 Å². The second-order valence-electron chi connectivity index (χ2n) is 21.0. The minimum Gasteiger partial charge on any atom is -0.480 e. The maximum atomic E-state index is 13.7. The number of hydrogen-bond acceptors (Lipinski definition) is 9. The standard InChI is InChI=1S/C59H111N3O9S/c1-6-9-12-15-18-21-24-27-30-33-36-39-42-45-53(63)62-52(58(69)61-51(4)57(68)60-48-54(64)65)49-72-59(5,71-56(67)47-44-41-38-35-32-29-26-23-20-17-14-11-8-3)50-70-55(66)46-43-40-37-34-31-28-25-22-19-16-13-10-7-2/h51-52H,6-50H2,1-5H3,(H,60,68)(H,61,69)(H,62,63)(H,64,65)/t51-,52-,59+/m0/s1. The molecule has 0 heterocycles. The zero-order chi connectivity index (χ0) is 53.2. The molecule has 0 aromatic carbocycles. The Morgan fingerprint density at radius 1 is 0.458 bits per heavy atom. The SMILES string of the molecule is CCCCCCCCCCCCCCCC(=O)N[C@@H](CS[C@](C)(COC(=O)CCCCCCCCCCCCCCC)OC(=O)CCCCCCCCCCCCCCC)C(=O)N[C@@H](C)C(=O)NCC(=O)O. The first-order chi connectivity index (χ1) is 34.9. The molecule has 0 bridgehead atoms. The average molecular weight is 1040 g/mol. The van der Waals surface area contributed by atoms with Gasteiger partial charge in [-0.1, -0.05) is 252 Å². The molecule has 3 atom stereocenters. The molecule has 12 nitrogen and oxygen atoms in total. The summed E-state index contributed by atoms with van der Waals surface area (Å²) in [6, 6.07) is -2.21. The molecule has 3 amide bonds. The van der Waals surface area contributed by atoms with Crippen LogP contribution < -0.4 is 16.0 Å². The zero-order valence-electron chi connectivity index (χ0n) is 47.1. The fourth-order valence-corrected chi connectivity index (χ4v) is 10.0. The molecule has 0 rings (SSSR count). The first-order valence-corrected chi connectivity index (χ1v) is 31.0. The minimum atomic E-state index is -1.36. The fourth-order valence-electron chi connectivity index (χ4n) is 8.96. The number of amides is 3. The summed E-state index contributed by atoms with van der Waals surface area (Å²) in [5.74, 6) is -3.69. The Hall–Kier alpha value is -2.83. The summed E-state index contributed by atoms with van der Waals surface area (Å²) in [7, 11) is 0. The summed E-state index contributed by atoms with van der Waals surface area (Å²) in [5, 5.41) is 16.8. The average Bonchev–Trinajstić information content (AvgIpc) is 3.35. The van der Waals surface area contributed by atoms with E-state index < -0.39 is 47.3 Å². The molecule has 0 saturated heterocycles. The molecule has 0 aromatic heterocycles. The number of hydrogen-bond donors (Lipinski definition) is 4. The van der Waals surface area contributed by atoms with E-state index in [-0.39, 0.29) is 43.5 Å². The lowest BCUT2D eigenvalue weighted by Crippen LogP contribution is -2.54. The summed E-state index contributed by atoms with van der Waals surface area (Å²) in [4.78, 5) is 75.9. The van der Waals surface area contributed by atoms with Crippen LogP contribution in [0.1, 0.15) is 304 Å². The number of carboxylic acids is 1. The zero-order valence-corrected chi connectivity index (χ0v) is 47.9. The van der Waals surface area contributed by atoms with E-state index in [0.717, 1.165) is 69.5 Å². The molecule has 0 spiro atoms. The van der Waals surface area contributed by atoms with Crippen LogP contribution in [0.5, 0.6) is 0 Å². The lowest BCUT2D eigenvalue weighted by atomic mass is 10.0. The molecule has 4 N–H and O–H groups in total. The topological polar surface area (TPSA) is 177 Å². The van der Waals surface area contributed by atoms with Gasteiger partial charge in [0.05, 0.1) is 0 Å². The summed E-state index contributed by atoms with van der Waals surface area (Å²) < 4.78 is 11.8. The molecule has 0 aliphatic rings. The van der Waals surface area contributed by atoms with Crippen LogP contribution >= 0.6 is 11.8 Å². The number of carboxylic acid groups (broad SMARTS) is 1. The Morgan fingerprint density at radius 3 is 1.15 bits per heavy atom. The van der Waals surface area contributed by atoms with Crippen LogP contribution in [-0.4, -0.2) is 76.7 Å². The van der Waals surface area contributed by atoms with Crippen molar-refractivity contribution in [3.05, 3.63) is 0 Å². The van der Waals surface area contributed by atoms with E-state index in [9.17, 15) is 28.8 Å². The van der Waals surface area contributed by atoms with E-state index in [2.05, 4.69) is 36.7 Å². The van der Waals surface area contributed by atoms with E-state index in [1.807, 2.05) is 0 Å². The van der Waals surface area contributed by atoms with Gasteiger partial charge in [0.1, 0.15) is 25.2 Å². The predicted molar refractivity (Wildman–Crippen MR) is 299 cm³/mol. The van der Waals surface area contributed by atoms with Crippen LogP contribution in [0, 0.1) is 0 Å². The maximum Gasteiger partial charge on any atom is 0.322 e. The Balaban J connectivity index is 5.45. The van der Waals surface area contributed by atoms with Crippen molar-refractivity contribution in [3.8, 4) is 0 Å². The number of esters is 2. The molecule has 0 radical (unpaired) electrons.